The zero-order valence-corrected chi connectivity index (χ0v) is 4.75. The molecule has 0 aromatic carbocycles. The van der Waals surface area contributed by atoms with Crippen molar-refractivity contribution in [3.05, 3.63) is 32.1 Å². The molecule has 0 spiro atoms. The highest BCUT2D eigenvalue weighted by atomic mass is 14.4. The summed E-state index contributed by atoms with van der Waals surface area (Å²) in [6.45, 7) is 0. The molecule has 0 amide bonds. The van der Waals surface area contributed by atoms with Crippen LogP contribution in [0.1, 0.15) is 6.42 Å². The average molecular weight is 105 g/mol. The molecule has 2 aliphatic rings. The van der Waals surface area contributed by atoms with Crippen LogP contribution in [0.5, 0.6) is 0 Å². The highest BCUT2D eigenvalue weighted by Gasteiger charge is 2.37. The van der Waals surface area contributed by atoms with Gasteiger partial charge in [-0.15, -0.1) is 0 Å². The van der Waals surface area contributed by atoms with Gasteiger partial charge in [0.1, 0.15) is 0 Å². The fourth-order valence-corrected chi connectivity index (χ4v) is 1.16. The van der Waals surface area contributed by atoms with Gasteiger partial charge in [-0.3, -0.25) is 0 Å². The Morgan fingerprint density at radius 1 is 0.875 bits per heavy atom. The molecule has 0 aromatic rings. The third-order valence-corrected chi connectivity index (χ3v) is 1.83. The molecule has 0 unspecified atom stereocenters. The molecule has 2 saturated carbocycles. The maximum atomic E-state index is 2.30. The summed E-state index contributed by atoms with van der Waals surface area (Å²) in [6.07, 6.45) is 12.4. The Kier molecular flexibility index (Phi) is 1.06. The number of rotatable bonds is 0. The lowest BCUT2D eigenvalue weighted by atomic mass is 10.2. The van der Waals surface area contributed by atoms with E-state index < -0.39 is 0 Å². The molecule has 2 rings (SSSR count). The van der Waals surface area contributed by atoms with Crippen LogP contribution in [-0.2, 0) is 0 Å². The van der Waals surface area contributed by atoms with Crippen molar-refractivity contribution in [2.45, 2.75) is 6.42 Å². The molecule has 0 heteroatoms. The lowest BCUT2D eigenvalue weighted by molar-refractivity contribution is 0.909. The van der Waals surface area contributed by atoms with Crippen molar-refractivity contribution in [3.63, 3.8) is 0 Å². The van der Waals surface area contributed by atoms with Gasteiger partial charge in [0, 0.05) is 0 Å². The summed E-state index contributed by atoms with van der Waals surface area (Å²) < 4.78 is 0. The van der Waals surface area contributed by atoms with E-state index in [2.05, 4.69) is 32.1 Å². The molecule has 2 fully saturated rings. The minimum atomic E-state index is 0.894. The molecule has 0 N–H and O–H groups in total. The van der Waals surface area contributed by atoms with Crippen LogP contribution in [0.25, 0.3) is 0 Å². The van der Waals surface area contributed by atoms with Crippen LogP contribution >= 0.6 is 0 Å². The Balaban J connectivity index is 1.89. The van der Waals surface area contributed by atoms with Gasteiger partial charge in [0.2, 0.25) is 0 Å². The number of hydrogen-bond donors (Lipinski definition) is 0. The van der Waals surface area contributed by atoms with Crippen LogP contribution in [0.15, 0.2) is 0 Å². The fraction of sp³-hybridized carbons (Fsp3) is 0.375. The van der Waals surface area contributed by atoms with E-state index in [-0.39, 0.29) is 0 Å². The monoisotopic (exact) mass is 105 g/mol. The zero-order chi connectivity index (χ0) is 5.40. The maximum absolute atomic E-state index is 2.30. The van der Waals surface area contributed by atoms with Crippen molar-refractivity contribution < 1.29 is 0 Å². The lowest BCUT2D eigenvalue weighted by Gasteiger charge is -1.89. The van der Waals surface area contributed by atoms with E-state index in [1.165, 1.54) is 6.42 Å². The van der Waals surface area contributed by atoms with Crippen molar-refractivity contribution in [3.8, 4) is 0 Å². The second-order valence-electron chi connectivity index (χ2n) is 2.53. The third kappa shape index (κ3) is 0.765. The minimum Gasteiger partial charge on any atom is -0.0465 e. The summed E-state index contributed by atoms with van der Waals surface area (Å²) >= 11 is 0. The predicted octanol–water partition coefficient (Wildman–Crippen LogP) is 1.66. The van der Waals surface area contributed by atoms with Crippen LogP contribution < -0.4 is 0 Å². The van der Waals surface area contributed by atoms with Crippen LogP contribution in [0.3, 0.4) is 0 Å². The number of hydrogen-bond acceptors (Lipinski definition) is 0. The lowest BCUT2D eigenvalue weighted by Crippen LogP contribution is -1.78. The van der Waals surface area contributed by atoms with Crippen LogP contribution in [0, 0.1) is 43.9 Å². The van der Waals surface area contributed by atoms with Crippen LogP contribution in [0.4, 0.5) is 0 Å². The summed E-state index contributed by atoms with van der Waals surface area (Å²) in [6, 6.07) is 0. The first-order chi connectivity index (χ1) is 3.97. The smallest absolute Gasteiger partial charge is 0.0312 e. The number of fused-ring (bicyclic) bond motifs is 1. The molecule has 2 aliphatic carbocycles. The molecule has 0 aliphatic heterocycles. The Morgan fingerprint density at radius 2 is 1.50 bits per heavy atom. The van der Waals surface area contributed by atoms with Crippen molar-refractivity contribution >= 4 is 0 Å². The predicted molar refractivity (Wildman–Crippen MR) is 33.1 cm³/mol. The molecule has 0 saturated heterocycles. The molecule has 5 radical (unpaired) electrons. The van der Waals surface area contributed by atoms with Crippen molar-refractivity contribution in [1.82, 2.24) is 0 Å². The van der Waals surface area contributed by atoms with E-state index in [9.17, 15) is 0 Å². The first-order valence-electron chi connectivity index (χ1n) is 3.15. The normalized spacial score (nSPS) is 45.0. The third-order valence-electron chi connectivity index (χ3n) is 1.83. The van der Waals surface area contributed by atoms with Gasteiger partial charge >= 0.3 is 0 Å². The molecule has 0 aromatic heterocycles. The molecule has 8 heavy (non-hydrogen) atoms. The van der Waals surface area contributed by atoms with Crippen LogP contribution in [0.2, 0.25) is 0 Å². The van der Waals surface area contributed by atoms with E-state index in [1.54, 1.807) is 0 Å². The molecular weight excluding hydrogens is 96.1 g/mol. The van der Waals surface area contributed by atoms with E-state index in [0.717, 1.165) is 11.8 Å². The molecule has 0 heterocycles. The Morgan fingerprint density at radius 3 is 2.12 bits per heavy atom. The average Bonchev–Trinajstić information content (AvgIpc) is 2.36. The second-order valence-corrected chi connectivity index (χ2v) is 2.53. The van der Waals surface area contributed by atoms with E-state index >= 15 is 0 Å². The van der Waals surface area contributed by atoms with Gasteiger partial charge in [0.25, 0.3) is 0 Å². The van der Waals surface area contributed by atoms with Gasteiger partial charge in [-0.25, -0.2) is 0 Å². The first kappa shape index (κ1) is 4.84. The molecule has 0 nitrogen and oxygen atoms in total. The Bertz CT molecular complexity index is 76.0. The summed E-state index contributed by atoms with van der Waals surface area (Å²) in [7, 11) is 0. The standard InChI is InChI=1S/C8H9/c1-2-4-7-6-8(7)5-3-1/h1-5,7-8H,6H2/t7-,8+. The van der Waals surface area contributed by atoms with Gasteiger partial charge < -0.3 is 0 Å². The largest absolute Gasteiger partial charge is 0.0465 e. The van der Waals surface area contributed by atoms with Gasteiger partial charge in [0.05, 0.1) is 0 Å². The summed E-state index contributed by atoms with van der Waals surface area (Å²) in [5, 5.41) is 0. The van der Waals surface area contributed by atoms with Crippen molar-refractivity contribution in [1.29, 1.82) is 0 Å². The Labute approximate surface area is 51.3 Å². The van der Waals surface area contributed by atoms with E-state index in [0.29, 0.717) is 0 Å². The fourth-order valence-electron chi connectivity index (χ4n) is 1.16. The SMILES string of the molecule is [CH]1[CH][CH][C@@H]2C[C@@H]2[CH][CH]1. The van der Waals surface area contributed by atoms with E-state index in [1.807, 2.05) is 0 Å². The van der Waals surface area contributed by atoms with Gasteiger partial charge in [-0.2, -0.15) is 0 Å². The van der Waals surface area contributed by atoms with Crippen molar-refractivity contribution in [2.24, 2.45) is 11.8 Å². The highest BCUT2D eigenvalue weighted by Crippen LogP contribution is 2.45. The zero-order valence-electron chi connectivity index (χ0n) is 4.75. The topological polar surface area (TPSA) is 0 Å². The highest BCUT2D eigenvalue weighted by molar-refractivity contribution is 5.23. The molecule has 0 bridgehead atoms. The van der Waals surface area contributed by atoms with Crippen molar-refractivity contribution in [2.75, 3.05) is 0 Å². The van der Waals surface area contributed by atoms with Gasteiger partial charge in [-0.1, -0.05) is 0 Å². The van der Waals surface area contributed by atoms with Crippen LogP contribution in [-0.4, -0.2) is 0 Å². The van der Waals surface area contributed by atoms with Gasteiger partial charge in [0.15, 0.2) is 0 Å². The summed E-state index contributed by atoms with van der Waals surface area (Å²) in [5.74, 6) is 1.79. The first-order valence-corrected chi connectivity index (χ1v) is 3.15. The van der Waals surface area contributed by atoms with E-state index in [4.69, 9.17) is 0 Å². The summed E-state index contributed by atoms with van der Waals surface area (Å²) in [4.78, 5) is 0. The molecule has 2 atom stereocenters. The maximum Gasteiger partial charge on any atom is -0.0312 e. The summed E-state index contributed by atoms with van der Waals surface area (Å²) in [5.41, 5.74) is 0. The quantitative estimate of drug-likeness (QED) is 0.439. The Hall–Kier alpha value is 0. The minimum absolute atomic E-state index is 0.894. The van der Waals surface area contributed by atoms with Gasteiger partial charge in [-0.05, 0) is 50.4 Å². The molecular formula is C8H9. The molecule has 41 valence electrons. The second kappa shape index (κ2) is 1.75.